The van der Waals surface area contributed by atoms with Crippen LogP contribution in [0.3, 0.4) is 0 Å². The summed E-state index contributed by atoms with van der Waals surface area (Å²) in [6.07, 6.45) is 10.5. The third kappa shape index (κ3) is 4.32. The van der Waals surface area contributed by atoms with Crippen LogP contribution in [0.1, 0.15) is 43.6 Å². The summed E-state index contributed by atoms with van der Waals surface area (Å²) in [6.45, 7) is 8.87. The van der Waals surface area contributed by atoms with Gasteiger partial charge in [0.05, 0.1) is 11.7 Å². The molecule has 29 heavy (non-hydrogen) atoms. The summed E-state index contributed by atoms with van der Waals surface area (Å²) in [5.41, 5.74) is 2.05. The number of carbonyl (C=O) groups is 1. The standard InChI is InChI=1S/C21H29N7O/c1-3-26(4-2)12-5-9-23-21(29)19-18-14-22-11-13-27(18)20(25-19)17-8-10-24-28(17)15-16-6-7-16/h8,10-11,13-14,16H,3-7,9,12,15H2,1-2H3,(H,23,29). The summed E-state index contributed by atoms with van der Waals surface area (Å²) in [6, 6.07) is 1.96. The molecule has 0 radical (unpaired) electrons. The third-order valence-corrected chi connectivity index (χ3v) is 5.57. The number of nitrogens with zero attached hydrogens (tertiary/aromatic N) is 6. The van der Waals surface area contributed by atoms with Crippen LogP contribution in [-0.2, 0) is 6.54 Å². The van der Waals surface area contributed by atoms with Crippen LogP contribution in [0.5, 0.6) is 0 Å². The van der Waals surface area contributed by atoms with Crippen LogP contribution in [0.2, 0.25) is 0 Å². The molecule has 0 saturated heterocycles. The summed E-state index contributed by atoms with van der Waals surface area (Å²) in [4.78, 5) is 24.1. The first-order chi connectivity index (χ1) is 14.2. The minimum absolute atomic E-state index is 0.158. The number of aromatic nitrogens is 5. The van der Waals surface area contributed by atoms with Crippen LogP contribution in [0.25, 0.3) is 17.0 Å². The molecule has 1 fully saturated rings. The van der Waals surface area contributed by atoms with Gasteiger partial charge in [0.25, 0.3) is 5.91 Å². The average Bonchev–Trinajstić information content (AvgIpc) is 3.30. The van der Waals surface area contributed by atoms with Gasteiger partial charge in [-0.05, 0) is 50.9 Å². The summed E-state index contributed by atoms with van der Waals surface area (Å²) in [5, 5.41) is 7.49. The second kappa shape index (κ2) is 8.73. The fraction of sp³-hybridized carbons (Fsp3) is 0.524. The number of imidazole rings is 1. The Bertz CT molecular complexity index is 968. The van der Waals surface area contributed by atoms with Crippen molar-refractivity contribution in [2.75, 3.05) is 26.2 Å². The highest BCUT2D eigenvalue weighted by Gasteiger charge is 2.25. The van der Waals surface area contributed by atoms with Gasteiger partial charge in [-0.15, -0.1) is 0 Å². The van der Waals surface area contributed by atoms with Crippen molar-refractivity contribution < 1.29 is 4.79 Å². The zero-order chi connectivity index (χ0) is 20.2. The highest BCUT2D eigenvalue weighted by atomic mass is 16.1. The summed E-state index contributed by atoms with van der Waals surface area (Å²) < 4.78 is 3.93. The second-order valence-corrected chi connectivity index (χ2v) is 7.59. The Morgan fingerprint density at radius 3 is 2.86 bits per heavy atom. The van der Waals surface area contributed by atoms with E-state index in [1.54, 1.807) is 18.6 Å². The highest BCUT2D eigenvalue weighted by Crippen LogP contribution is 2.32. The summed E-state index contributed by atoms with van der Waals surface area (Å²) in [7, 11) is 0. The molecule has 8 nitrogen and oxygen atoms in total. The first-order valence-corrected chi connectivity index (χ1v) is 10.6. The topological polar surface area (TPSA) is 80.4 Å². The lowest BCUT2D eigenvalue weighted by Crippen LogP contribution is -2.30. The Morgan fingerprint density at radius 2 is 2.10 bits per heavy atom. The minimum atomic E-state index is -0.158. The molecule has 3 heterocycles. The number of hydrogen-bond acceptors (Lipinski definition) is 5. The predicted octanol–water partition coefficient (Wildman–Crippen LogP) is 2.46. The molecule has 1 amide bonds. The van der Waals surface area contributed by atoms with E-state index in [9.17, 15) is 4.79 Å². The number of fused-ring (bicyclic) bond motifs is 1. The predicted molar refractivity (Wildman–Crippen MR) is 112 cm³/mol. The number of amides is 1. The molecule has 1 aliphatic carbocycles. The minimum Gasteiger partial charge on any atom is -0.351 e. The van der Waals surface area contributed by atoms with Crippen LogP contribution >= 0.6 is 0 Å². The van der Waals surface area contributed by atoms with Gasteiger partial charge in [-0.25, -0.2) is 4.98 Å². The fourth-order valence-corrected chi connectivity index (χ4v) is 3.63. The van der Waals surface area contributed by atoms with Crippen molar-refractivity contribution in [2.45, 2.75) is 39.7 Å². The van der Waals surface area contributed by atoms with Crippen LogP contribution in [0.4, 0.5) is 0 Å². The molecular formula is C21H29N7O. The molecule has 0 bridgehead atoms. The number of carbonyl (C=O) groups excluding carboxylic acids is 1. The van der Waals surface area contributed by atoms with Crippen LogP contribution in [-0.4, -0.2) is 61.1 Å². The van der Waals surface area contributed by atoms with Crippen molar-refractivity contribution in [2.24, 2.45) is 5.92 Å². The molecule has 3 aromatic rings. The van der Waals surface area contributed by atoms with Gasteiger partial charge >= 0.3 is 0 Å². The van der Waals surface area contributed by atoms with Crippen molar-refractivity contribution in [3.8, 4) is 11.5 Å². The molecule has 0 atom stereocenters. The van der Waals surface area contributed by atoms with Crippen molar-refractivity contribution in [1.29, 1.82) is 0 Å². The number of hydrogen-bond donors (Lipinski definition) is 1. The first-order valence-electron chi connectivity index (χ1n) is 10.6. The van der Waals surface area contributed by atoms with E-state index in [0.29, 0.717) is 23.7 Å². The van der Waals surface area contributed by atoms with Gasteiger partial charge in [0.1, 0.15) is 5.69 Å². The monoisotopic (exact) mass is 395 g/mol. The smallest absolute Gasteiger partial charge is 0.272 e. The molecule has 0 aromatic carbocycles. The zero-order valence-electron chi connectivity index (χ0n) is 17.2. The van der Waals surface area contributed by atoms with Crippen molar-refractivity contribution >= 4 is 11.4 Å². The quantitative estimate of drug-likeness (QED) is 0.534. The molecular weight excluding hydrogens is 366 g/mol. The van der Waals surface area contributed by atoms with Crippen molar-refractivity contribution in [1.82, 2.24) is 34.4 Å². The molecule has 154 valence electrons. The molecule has 0 aliphatic heterocycles. The first kappa shape index (κ1) is 19.6. The maximum absolute atomic E-state index is 12.8. The molecule has 3 aromatic heterocycles. The molecule has 8 heteroatoms. The van der Waals surface area contributed by atoms with Crippen molar-refractivity contribution in [3.05, 3.63) is 36.5 Å². The maximum Gasteiger partial charge on any atom is 0.272 e. The van der Waals surface area contributed by atoms with Gasteiger partial charge in [-0.3, -0.25) is 18.9 Å². The molecule has 1 aliphatic rings. The molecule has 0 spiro atoms. The molecule has 1 saturated carbocycles. The van der Waals surface area contributed by atoms with E-state index in [-0.39, 0.29) is 5.91 Å². The molecule has 0 unspecified atom stereocenters. The Labute approximate surface area is 170 Å². The van der Waals surface area contributed by atoms with E-state index in [4.69, 9.17) is 4.98 Å². The van der Waals surface area contributed by atoms with Crippen LogP contribution < -0.4 is 5.32 Å². The van der Waals surface area contributed by atoms with Gasteiger partial charge < -0.3 is 10.2 Å². The van der Waals surface area contributed by atoms with Crippen molar-refractivity contribution in [3.63, 3.8) is 0 Å². The lowest BCUT2D eigenvalue weighted by Gasteiger charge is -2.17. The zero-order valence-corrected chi connectivity index (χ0v) is 17.2. The second-order valence-electron chi connectivity index (χ2n) is 7.59. The SMILES string of the molecule is CCN(CC)CCCNC(=O)c1nc(-c2ccnn2CC2CC2)n2ccncc12. The Hall–Kier alpha value is -2.74. The van der Waals surface area contributed by atoms with E-state index in [2.05, 4.69) is 34.1 Å². The van der Waals surface area contributed by atoms with E-state index in [0.717, 1.165) is 44.1 Å². The van der Waals surface area contributed by atoms with E-state index >= 15 is 0 Å². The average molecular weight is 396 g/mol. The normalized spacial score (nSPS) is 14.0. The van der Waals surface area contributed by atoms with E-state index in [1.807, 2.05) is 21.3 Å². The lowest BCUT2D eigenvalue weighted by atomic mass is 10.3. The fourth-order valence-electron chi connectivity index (χ4n) is 3.63. The number of rotatable bonds is 10. The van der Waals surface area contributed by atoms with Crippen LogP contribution in [0, 0.1) is 5.92 Å². The van der Waals surface area contributed by atoms with E-state index < -0.39 is 0 Å². The summed E-state index contributed by atoms with van der Waals surface area (Å²) >= 11 is 0. The van der Waals surface area contributed by atoms with E-state index in [1.165, 1.54) is 12.8 Å². The Morgan fingerprint density at radius 1 is 1.28 bits per heavy atom. The molecule has 4 rings (SSSR count). The molecule has 1 N–H and O–H groups in total. The lowest BCUT2D eigenvalue weighted by molar-refractivity contribution is 0.0949. The summed E-state index contributed by atoms with van der Waals surface area (Å²) in [5.74, 6) is 1.28. The number of nitrogens with one attached hydrogen (secondary N) is 1. The van der Waals surface area contributed by atoms with Gasteiger partial charge in [0.2, 0.25) is 0 Å². The Kier molecular flexibility index (Phi) is 5.89. The van der Waals surface area contributed by atoms with Crippen LogP contribution in [0.15, 0.2) is 30.9 Å². The van der Waals surface area contributed by atoms with Gasteiger partial charge in [0, 0.05) is 31.7 Å². The van der Waals surface area contributed by atoms with Gasteiger partial charge in [0.15, 0.2) is 11.5 Å². The Balaban J connectivity index is 1.53. The maximum atomic E-state index is 12.8. The third-order valence-electron chi connectivity index (χ3n) is 5.57. The highest BCUT2D eigenvalue weighted by molar-refractivity contribution is 5.99. The largest absolute Gasteiger partial charge is 0.351 e. The van der Waals surface area contributed by atoms with Gasteiger partial charge in [-0.2, -0.15) is 5.10 Å². The van der Waals surface area contributed by atoms with Gasteiger partial charge in [-0.1, -0.05) is 13.8 Å².